The summed E-state index contributed by atoms with van der Waals surface area (Å²) in [5.74, 6) is -0.163. The Hall–Kier alpha value is -2.95. The van der Waals surface area contributed by atoms with Gasteiger partial charge in [-0.05, 0) is 83.5 Å². The van der Waals surface area contributed by atoms with Gasteiger partial charge in [0.15, 0.2) is 0 Å². The molecule has 60 heavy (non-hydrogen) atoms. The van der Waals surface area contributed by atoms with Gasteiger partial charge in [-0.1, -0.05) is 239 Å². The molecule has 0 aliphatic carbocycles. The lowest BCUT2D eigenvalue weighted by atomic mass is 10.0. The summed E-state index contributed by atoms with van der Waals surface area (Å²) in [6.45, 7) is 4.15. The highest BCUT2D eigenvalue weighted by molar-refractivity contribution is 5.76. The molecular weight excluding hydrogens is 735 g/mol. The predicted molar refractivity (Wildman–Crippen MR) is 266 cm³/mol. The summed E-state index contributed by atoms with van der Waals surface area (Å²) in [4.78, 5) is 12.4. The van der Waals surface area contributed by atoms with Gasteiger partial charge in [-0.2, -0.15) is 0 Å². The van der Waals surface area contributed by atoms with Crippen LogP contribution in [0.25, 0.3) is 0 Å². The number of hydrogen-bond acceptors (Lipinski definition) is 3. The third kappa shape index (κ3) is 46.1. The number of aliphatic hydroxyl groups is 2. The Morgan fingerprint density at radius 3 is 1.15 bits per heavy atom. The molecule has 4 nitrogen and oxygen atoms in total. The summed E-state index contributed by atoms with van der Waals surface area (Å²) < 4.78 is 0. The number of amides is 1. The Balaban J connectivity index is 3.71. The Labute approximate surface area is 372 Å². The molecule has 0 aliphatic heterocycles. The molecule has 0 fully saturated rings. The van der Waals surface area contributed by atoms with Crippen LogP contribution in [0.1, 0.15) is 219 Å². The third-order valence-corrected chi connectivity index (χ3v) is 10.7. The van der Waals surface area contributed by atoms with E-state index in [4.69, 9.17) is 0 Å². The number of rotatable bonds is 44. The molecule has 2 atom stereocenters. The minimum Gasteiger partial charge on any atom is -0.394 e. The topological polar surface area (TPSA) is 69.6 Å². The summed E-state index contributed by atoms with van der Waals surface area (Å²) >= 11 is 0. The molecule has 0 aromatic carbocycles. The van der Waals surface area contributed by atoms with Gasteiger partial charge in [0.2, 0.25) is 5.91 Å². The van der Waals surface area contributed by atoms with Gasteiger partial charge in [-0.15, -0.1) is 0 Å². The van der Waals surface area contributed by atoms with Crippen molar-refractivity contribution in [2.45, 2.75) is 231 Å². The zero-order valence-electron chi connectivity index (χ0n) is 39.2. The van der Waals surface area contributed by atoms with Gasteiger partial charge in [0.25, 0.3) is 0 Å². The fourth-order valence-corrected chi connectivity index (χ4v) is 6.94. The highest BCUT2D eigenvalue weighted by Crippen LogP contribution is 2.15. The quantitative estimate of drug-likeness (QED) is 0.0423. The van der Waals surface area contributed by atoms with Crippen molar-refractivity contribution in [2.75, 3.05) is 6.61 Å². The molecule has 2 unspecified atom stereocenters. The average Bonchev–Trinajstić information content (AvgIpc) is 3.25. The van der Waals surface area contributed by atoms with Gasteiger partial charge in [0, 0.05) is 6.42 Å². The lowest BCUT2D eigenvalue weighted by Gasteiger charge is -2.19. The highest BCUT2D eigenvalue weighted by Gasteiger charge is 2.17. The maximum Gasteiger partial charge on any atom is 0.220 e. The number of carbonyl (C=O) groups excluding carboxylic acids is 1. The third-order valence-electron chi connectivity index (χ3n) is 10.7. The zero-order chi connectivity index (χ0) is 43.5. The second-order valence-electron chi connectivity index (χ2n) is 16.5. The molecule has 4 heteroatoms. The Morgan fingerprint density at radius 1 is 0.417 bits per heavy atom. The summed E-state index contributed by atoms with van der Waals surface area (Å²) in [7, 11) is 0. The lowest BCUT2D eigenvalue weighted by Crippen LogP contribution is -2.45. The van der Waals surface area contributed by atoms with E-state index >= 15 is 0 Å². The van der Waals surface area contributed by atoms with Crippen LogP contribution < -0.4 is 5.32 Å². The van der Waals surface area contributed by atoms with Crippen LogP contribution in [0.2, 0.25) is 0 Å². The first-order valence-corrected chi connectivity index (χ1v) is 25.1. The molecule has 0 bridgehead atoms. The molecule has 0 heterocycles. The first kappa shape index (κ1) is 57.1. The first-order valence-electron chi connectivity index (χ1n) is 25.1. The van der Waals surface area contributed by atoms with Crippen LogP contribution in [0, 0.1) is 0 Å². The van der Waals surface area contributed by atoms with Gasteiger partial charge in [-0.3, -0.25) is 4.79 Å². The van der Waals surface area contributed by atoms with E-state index < -0.39 is 12.1 Å². The highest BCUT2D eigenvalue weighted by atomic mass is 16.3. The summed E-state index contributed by atoms with van der Waals surface area (Å²) in [5.41, 5.74) is 0. The van der Waals surface area contributed by atoms with Gasteiger partial charge in [0.05, 0.1) is 18.8 Å². The van der Waals surface area contributed by atoms with Crippen molar-refractivity contribution < 1.29 is 15.0 Å². The van der Waals surface area contributed by atoms with Crippen LogP contribution in [-0.4, -0.2) is 34.9 Å². The van der Waals surface area contributed by atoms with E-state index in [0.29, 0.717) is 12.8 Å². The van der Waals surface area contributed by atoms with Crippen molar-refractivity contribution in [3.8, 4) is 0 Å². The molecule has 0 aliphatic rings. The molecule has 0 aromatic heterocycles. The predicted octanol–water partition coefficient (Wildman–Crippen LogP) is 16.4. The van der Waals surface area contributed by atoms with Crippen molar-refractivity contribution in [2.24, 2.45) is 0 Å². The van der Waals surface area contributed by atoms with Gasteiger partial charge < -0.3 is 15.5 Å². The minimum atomic E-state index is -0.909. The van der Waals surface area contributed by atoms with Gasteiger partial charge in [-0.25, -0.2) is 0 Å². The summed E-state index contributed by atoms with van der Waals surface area (Å²) in [6.07, 6.45) is 76.7. The number of allylic oxidation sites excluding steroid dienone is 17. The number of hydrogen-bond donors (Lipinski definition) is 3. The Morgan fingerprint density at radius 2 is 0.750 bits per heavy atom. The molecule has 0 radical (unpaired) electrons. The molecule has 0 aromatic rings. The van der Waals surface area contributed by atoms with Crippen molar-refractivity contribution in [1.82, 2.24) is 5.32 Å². The van der Waals surface area contributed by atoms with Crippen molar-refractivity contribution in [3.05, 3.63) is 109 Å². The Kier molecular flexibility index (Phi) is 47.9. The van der Waals surface area contributed by atoms with Gasteiger partial charge >= 0.3 is 0 Å². The number of carbonyl (C=O) groups is 1. The van der Waals surface area contributed by atoms with Crippen LogP contribution in [0.4, 0.5) is 0 Å². The first-order chi connectivity index (χ1) is 29.7. The molecule has 0 saturated carbocycles. The van der Waals surface area contributed by atoms with E-state index in [1.165, 1.54) is 128 Å². The van der Waals surface area contributed by atoms with Crippen molar-refractivity contribution >= 4 is 5.91 Å². The SMILES string of the molecule is CC/C=C\C/C=C\C/C=C\C/C=C\C/C=C\C/C=C\CCC(=O)NC(CO)C(O)/C=C/CC/C=C/CC/C=C/CCCCCCCCCCCCCCCCCCCCC. The molecule has 3 N–H and O–H groups in total. The molecule has 0 rings (SSSR count). The normalized spacial score (nSPS) is 13.9. The van der Waals surface area contributed by atoms with Crippen LogP contribution in [0.15, 0.2) is 109 Å². The number of aliphatic hydroxyl groups excluding tert-OH is 2. The van der Waals surface area contributed by atoms with Crippen LogP contribution >= 0.6 is 0 Å². The van der Waals surface area contributed by atoms with Crippen molar-refractivity contribution in [3.63, 3.8) is 0 Å². The fraction of sp³-hybridized carbons (Fsp3) is 0.661. The van der Waals surface area contributed by atoms with E-state index in [1.54, 1.807) is 6.08 Å². The maximum atomic E-state index is 12.4. The molecular formula is C56H95NO3. The molecule has 342 valence electrons. The fourth-order valence-electron chi connectivity index (χ4n) is 6.94. The number of nitrogens with one attached hydrogen (secondary N) is 1. The monoisotopic (exact) mass is 830 g/mol. The van der Waals surface area contributed by atoms with Crippen molar-refractivity contribution in [1.29, 1.82) is 0 Å². The van der Waals surface area contributed by atoms with Crippen LogP contribution in [-0.2, 0) is 4.79 Å². The zero-order valence-corrected chi connectivity index (χ0v) is 39.2. The van der Waals surface area contributed by atoms with E-state index in [1.807, 2.05) is 12.2 Å². The summed E-state index contributed by atoms with van der Waals surface area (Å²) in [6, 6.07) is -0.694. The molecule has 0 spiro atoms. The van der Waals surface area contributed by atoms with Crippen LogP contribution in [0.5, 0.6) is 0 Å². The van der Waals surface area contributed by atoms with E-state index in [9.17, 15) is 15.0 Å². The Bertz CT molecular complexity index is 1170. The van der Waals surface area contributed by atoms with Gasteiger partial charge in [0.1, 0.15) is 0 Å². The smallest absolute Gasteiger partial charge is 0.220 e. The second-order valence-corrected chi connectivity index (χ2v) is 16.5. The second kappa shape index (κ2) is 50.4. The molecule has 1 amide bonds. The maximum absolute atomic E-state index is 12.4. The van der Waals surface area contributed by atoms with Crippen LogP contribution in [0.3, 0.4) is 0 Å². The lowest BCUT2D eigenvalue weighted by molar-refractivity contribution is -0.122. The largest absolute Gasteiger partial charge is 0.394 e. The standard InChI is InChI=1S/C56H95NO3/c1-3-5-7-9-11-13-15-17-19-21-23-24-25-26-27-28-29-30-31-32-34-35-37-39-41-43-45-47-49-51-55(59)54(53-58)57-56(60)52-50-48-46-44-42-40-38-36-33-22-20-18-16-14-12-10-8-6-4-2/h6,8,12,14,18,20,33-36,40-43,46,48-49,51,54-55,58-59H,3-5,7,9-11,13,15-17,19,21-32,37-39,44-45,47,50,52-53H2,1-2H3,(H,57,60)/b8-6-,14-12-,20-18-,35-34+,36-33-,42-40-,43-41+,48-46-,51-49+. The minimum absolute atomic E-state index is 0.163. The summed E-state index contributed by atoms with van der Waals surface area (Å²) in [5, 5.41) is 23.0. The molecule has 0 saturated heterocycles. The average molecular weight is 830 g/mol. The van der Waals surface area contributed by atoms with E-state index in [2.05, 4.69) is 110 Å². The number of unbranched alkanes of at least 4 members (excludes halogenated alkanes) is 21. The van der Waals surface area contributed by atoms with E-state index in [-0.39, 0.29) is 12.5 Å². The van der Waals surface area contributed by atoms with E-state index in [0.717, 1.165) is 64.2 Å².